The van der Waals surface area contributed by atoms with E-state index in [0.29, 0.717) is 11.4 Å². The van der Waals surface area contributed by atoms with Crippen LogP contribution in [-0.2, 0) is 21.1 Å². The quantitative estimate of drug-likeness (QED) is 0.402. The van der Waals surface area contributed by atoms with Gasteiger partial charge in [-0.1, -0.05) is 12.1 Å². The van der Waals surface area contributed by atoms with E-state index in [0.717, 1.165) is 49.7 Å². The summed E-state index contributed by atoms with van der Waals surface area (Å²) in [5.41, 5.74) is 1.77. The van der Waals surface area contributed by atoms with E-state index in [-0.39, 0.29) is 0 Å². The number of benzene rings is 1. The van der Waals surface area contributed by atoms with Crippen molar-refractivity contribution in [3.63, 3.8) is 0 Å². The van der Waals surface area contributed by atoms with E-state index in [1.54, 1.807) is 13.1 Å². The van der Waals surface area contributed by atoms with E-state index in [2.05, 4.69) is 15.6 Å². The Morgan fingerprint density at radius 2 is 2.00 bits per heavy atom. The molecule has 0 spiro atoms. The normalized spacial score (nSPS) is 12.2. The van der Waals surface area contributed by atoms with Gasteiger partial charge in [0.25, 0.3) is 0 Å². The van der Waals surface area contributed by atoms with Crippen LogP contribution in [0.15, 0.2) is 28.1 Å². The van der Waals surface area contributed by atoms with E-state index in [1.807, 2.05) is 26.0 Å². The fourth-order valence-electron chi connectivity index (χ4n) is 2.32. The van der Waals surface area contributed by atoms with Crippen LogP contribution in [0.5, 0.6) is 0 Å². The van der Waals surface area contributed by atoms with Crippen LogP contribution in [-0.4, -0.2) is 47.4 Å². The average Bonchev–Trinajstić information content (AvgIpc) is 2.52. The summed E-state index contributed by atoms with van der Waals surface area (Å²) in [7, 11) is -1.44. The second kappa shape index (κ2) is 10.3. The first-order chi connectivity index (χ1) is 11.4. The van der Waals surface area contributed by atoms with Gasteiger partial charge in [0, 0.05) is 39.6 Å². The Labute approximate surface area is 145 Å². The molecule has 0 saturated carbocycles. The molecule has 0 aliphatic carbocycles. The third kappa shape index (κ3) is 7.31. The molecule has 0 aliphatic heterocycles. The first kappa shape index (κ1) is 20.4. The Morgan fingerprint density at radius 1 is 1.25 bits per heavy atom. The highest BCUT2D eigenvalue weighted by atomic mass is 32.2. The lowest BCUT2D eigenvalue weighted by Crippen LogP contribution is -2.37. The van der Waals surface area contributed by atoms with Gasteiger partial charge in [-0.25, -0.2) is 8.42 Å². The molecule has 24 heavy (non-hydrogen) atoms. The predicted octanol–water partition coefficient (Wildman–Crippen LogP) is 1.88. The summed E-state index contributed by atoms with van der Waals surface area (Å²) >= 11 is 0. The van der Waals surface area contributed by atoms with Gasteiger partial charge in [-0.05, 0) is 43.9 Å². The second-order valence-electron chi connectivity index (χ2n) is 5.63. The third-order valence-corrected chi connectivity index (χ3v) is 4.79. The van der Waals surface area contributed by atoms with Crippen molar-refractivity contribution in [1.29, 1.82) is 0 Å². The van der Waals surface area contributed by atoms with Crippen LogP contribution >= 0.6 is 0 Å². The Bertz CT molecular complexity index is 642. The predicted molar refractivity (Wildman–Crippen MR) is 98.2 cm³/mol. The first-order valence-corrected chi connectivity index (χ1v) is 10.1. The summed E-state index contributed by atoms with van der Waals surface area (Å²) in [4.78, 5) is 4.56. The molecule has 0 fully saturated rings. The molecule has 1 rings (SSSR count). The van der Waals surface area contributed by atoms with E-state index in [9.17, 15) is 8.42 Å². The number of sulfone groups is 1. The van der Waals surface area contributed by atoms with Gasteiger partial charge in [-0.3, -0.25) is 4.99 Å². The summed E-state index contributed by atoms with van der Waals surface area (Å²) in [5.74, 6) is 0.733. The van der Waals surface area contributed by atoms with Crippen molar-refractivity contribution in [3.05, 3.63) is 29.3 Å². The lowest BCUT2D eigenvalue weighted by Gasteiger charge is -2.13. The zero-order valence-electron chi connectivity index (χ0n) is 15.1. The second-order valence-corrected chi connectivity index (χ2v) is 7.61. The van der Waals surface area contributed by atoms with Gasteiger partial charge in [0.05, 0.1) is 4.90 Å². The Kier molecular flexibility index (Phi) is 8.78. The minimum atomic E-state index is -3.17. The molecular weight excluding hydrogens is 326 g/mol. The maximum Gasteiger partial charge on any atom is 0.191 e. The van der Waals surface area contributed by atoms with E-state index >= 15 is 0 Å². The zero-order chi connectivity index (χ0) is 18.0. The molecule has 0 aromatic heterocycles. The van der Waals surface area contributed by atoms with Crippen LogP contribution < -0.4 is 10.6 Å². The number of nitrogens with one attached hydrogen (secondary N) is 2. The van der Waals surface area contributed by atoms with Gasteiger partial charge in [-0.15, -0.1) is 0 Å². The number of ether oxygens (including phenoxy) is 1. The van der Waals surface area contributed by atoms with Crippen molar-refractivity contribution >= 4 is 15.8 Å². The molecule has 0 radical (unpaired) electrons. The smallest absolute Gasteiger partial charge is 0.191 e. The number of rotatable bonds is 9. The maximum atomic E-state index is 11.6. The maximum absolute atomic E-state index is 11.6. The summed E-state index contributed by atoms with van der Waals surface area (Å²) in [6, 6.07) is 5.37. The number of unbranched alkanes of at least 4 members (excludes halogenated alkanes) is 1. The summed E-state index contributed by atoms with van der Waals surface area (Å²) < 4.78 is 28.6. The Hall–Kier alpha value is -1.60. The van der Waals surface area contributed by atoms with Crippen LogP contribution in [0.3, 0.4) is 0 Å². The summed E-state index contributed by atoms with van der Waals surface area (Å²) in [6.07, 6.45) is 3.26. The molecule has 0 unspecified atom stereocenters. The van der Waals surface area contributed by atoms with Gasteiger partial charge in [0.2, 0.25) is 0 Å². The van der Waals surface area contributed by atoms with Gasteiger partial charge in [0.1, 0.15) is 0 Å². The topological polar surface area (TPSA) is 79.8 Å². The number of aryl methyl sites for hydroxylation is 1. The standard InChI is InChI=1S/C17H29N3O3S/c1-5-23-11-7-6-10-19-17(18-3)20-13-15-8-9-16(14(2)12-15)24(4,21)22/h8-9,12H,5-7,10-11,13H2,1-4H3,(H2,18,19,20). The summed E-state index contributed by atoms with van der Waals surface area (Å²) in [5, 5.41) is 6.49. The minimum Gasteiger partial charge on any atom is -0.382 e. The van der Waals surface area contributed by atoms with Crippen LogP contribution in [0, 0.1) is 6.92 Å². The van der Waals surface area contributed by atoms with Crippen molar-refractivity contribution in [2.45, 2.75) is 38.1 Å². The molecule has 0 saturated heterocycles. The lowest BCUT2D eigenvalue weighted by atomic mass is 10.1. The highest BCUT2D eigenvalue weighted by molar-refractivity contribution is 7.90. The van der Waals surface area contributed by atoms with E-state index in [1.165, 1.54) is 6.26 Å². The van der Waals surface area contributed by atoms with Crippen molar-refractivity contribution in [2.24, 2.45) is 4.99 Å². The largest absolute Gasteiger partial charge is 0.382 e. The molecule has 136 valence electrons. The molecule has 7 heteroatoms. The zero-order valence-corrected chi connectivity index (χ0v) is 15.9. The molecular formula is C17H29N3O3S. The number of hydrogen-bond acceptors (Lipinski definition) is 4. The van der Waals surface area contributed by atoms with Crippen molar-refractivity contribution in [1.82, 2.24) is 10.6 Å². The van der Waals surface area contributed by atoms with E-state index in [4.69, 9.17) is 4.74 Å². The molecule has 0 heterocycles. The molecule has 0 amide bonds. The molecule has 2 N–H and O–H groups in total. The molecule has 6 nitrogen and oxygen atoms in total. The third-order valence-electron chi connectivity index (χ3n) is 3.53. The van der Waals surface area contributed by atoms with Crippen molar-refractivity contribution in [3.8, 4) is 0 Å². The molecule has 1 aromatic rings. The number of nitrogens with zero attached hydrogens (tertiary/aromatic N) is 1. The minimum absolute atomic E-state index is 0.378. The Morgan fingerprint density at radius 3 is 2.58 bits per heavy atom. The summed E-state index contributed by atoms with van der Waals surface area (Å²) in [6.45, 7) is 6.77. The molecule has 0 bridgehead atoms. The number of aliphatic imine (C=N–C) groups is 1. The van der Waals surface area contributed by atoms with Crippen molar-refractivity contribution in [2.75, 3.05) is 33.1 Å². The van der Waals surface area contributed by atoms with Crippen molar-refractivity contribution < 1.29 is 13.2 Å². The Balaban J connectivity index is 2.45. The molecule has 0 atom stereocenters. The SMILES string of the molecule is CCOCCCCNC(=NC)NCc1ccc(S(C)(=O)=O)c(C)c1. The molecule has 1 aromatic carbocycles. The highest BCUT2D eigenvalue weighted by Gasteiger charge is 2.10. The van der Waals surface area contributed by atoms with Crippen LogP contribution in [0.1, 0.15) is 30.9 Å². The van der Waals surface area contributed by atoms with Gasteiger partial charge >= 0.3 is 0 Å². The average molecular weight is 356 g/mol. The van der Waals surface area contributed by atoms with Gasteiger partial charge in [0.15, 0.2) is 15.8 Å². The van der Waals surface area contributed by atoms with Crippen LogP contribution in [0.4, 0.5) is 0 Å². The number of hydrogen-bond donors (Lipinski definition) is 2. The number of guanidine groups is 1. The fourth-order valence-corrected chi connectivity index (χ4v) is 3.28. The first-order valence-electron chi connectivity index (χ1n) is 8.20. The van der Waals surface area contributed by atoms with Gasteiger partial charge < -0.3 is 15.4 Å². The fraction of sp³-hybridized carbons (Fsp3) is 0.588. The van der Waals surface area contributed by atoms with Crippen LogP contribution in [0.2, 0.25) is 0 Å². The highest BCUT2D eigenvalue weighted by Crippen LogP contribution is 2.16. The van der Waals surface area contributed by atoms with Crippen LogP contribution in [0.25, 0.3) is 0 Å². The monoisotopic (exact) mass is 355 g/mol. The van der Waals surface area contributed by atoms with Gasteiger partial charge in [-0.2, -0.15) is 0 Å². The van der Waals surface area contributed by atoms with E-state index < -0.39 is 9.84 Å². The molecule has 0 aliphatic rings. The lowest BCUT2D eigenvalue weighted by molar-refractivity contribution is 0.143.